The smallest absolute Gasteiger partial charge is 0.270 e. The number of halogens is 1. The standard InChI is InChI=1S/C23H27FN4O3S/c1-2-31-13-5-10-25-21(29)15-8-11-28(12-9-15)23-26-19-17(14-32-20(19)22(30)27-23)16-6-3-4-7-18(16)24/h3-4,6-7,14-15H,2,5,8-13H2,1H3,(H,25,29)(H,26,27,30). The number of rotatable bonds is 8. The molecule has 1 aromatic carbocycles. The third-order valence-corrected chi connectivity index (χ3v) is 6.68. The number of anilines is 1. The average Bonchev–Trinajstić information content (AvgIpc) is 3.23. The van der Waals surface area contributed by atoms with E-state index in [1.807, 2.05) is 11.8 Å². The number of H-pyrrole nitrogens is 1. The number of amides is 1. The number of carbonyl (C=O) groups is 1. The Morgan fingerprint density at radius 3 is 2.84 bits per heavy atom. The number of ether oxygens (including phenoxy) is 1. The van der Waals surface area contributed by atoms with E-state index in [9.17, 15) is 14.0 Å². The Kier molecular flexibility index (Phi) is 7.16. The second-order valence-corrected chi connectivity index (χ2v) is 8.68. The third-order valence-electron chi connectivity index (χ3n) is 5.71. The number of aromatic nitrogens is 2. The Balaban J connectivity index is 1.45. The van der Waals surface area contributed by atoms with Gasteiger partial charge in [-0.25, -0.2) is 9.37 Å². The molecule has 0 bridgehead atoms. The number of nitrogens with one attached hydrogen (secondary N) is 2. The van der Waals surface area contributed by atoms with Crippen molar-refractivity contribution in [2.45, 2.75) is 26.2 Å². The Bertz CT molecular complexity index is 1140. The summed E-state index contributed by atoms with van der Waals surface area (Å²) in [4.78, 5) is 34.6. The lowest BCUT2D eigenvalue weighted by atomic mass is 9.96. The van der Waals surface area contributed by atoms with Crippen LogP contribution in [0.5, 0.6) is 0 Å². The van der Waals surface area contributed by atoms with Crippen LogP contribution in [0.4, 0.5) is 10.3 Å². The molecule has 0 unspecified atom stereocenters. The van der Waals surface area contributed by atoms with E-state index in [2.05, 4.69) is 15.3 Å². The molecule has 1 fully saturated rings. The lowest BCUT2D eigenvalue weighted by Gasteiger charge is -2.31. The first-order valence-electron chi connectivity index (χ1n) is 10.9. The van der Waals surface area contributed by atoms with Crippen molar-refractivity contribution in [2.24, 2.45) is 5.92 Å². The van der Waals surface area contributed by atoms with E-state index in [4.69, 9.17) is 4.74 Å². The summed E-state index contributed by atoms with van der Waals surface area (Å²) in [5, 5.41) is 4.76. The number of hydrogen-bond donors (Lipinski definition) is 2. The molecule has 32 heavy (non-hydrogen) atoms. The highest BCUT2D eigenvalue weighted by Gasteiger charge is 2.26. The minimum absolute atomic E-state index is 0.0519. The predicted octanol–water partition coefficient (Wildman–Crippen LogP) is 3.55. The van der Waals surface area contributed by atoms with Gasteiger partial charge in [-0.3, -0.25) is 14.6 Å². The SMILES string of the molecule is CCOCCCNC(=O)C1CCN(c2nc3c(-c4ccccc4F)csc3c(=O)[nH]2)CC1. The largest absolute Gasteiger partial charge is 0.382 e. The number of aromatic amines is 1. The zero-order valence-corrected chi connectivity index (χ0v) is 18.8. The predicted molar refractivity (Wildman–Crippen MR) is 125 cm³/mol. The van der Waals surface area contributed by atoms with Gasteiger partial charge in [0.25, 0.3) is 5.56 Å². The monoisotopic (exact) mass is 458 g/mol. The van der Waals surface area contributed by atoms with E-state index in [-0.39, 0.29) is 23.2 Å². The van der Waals surface area contributed by atoms with Gasteiger partial charge in [-0.2, -0.15) is 0 Å². The Hall–Kier alpha value is -2.78. The molecule has 0 saturated carbocycles. The van der Waals surface area contributed by atoms with Crippen molar-refractivity contribution in [3.05, 3.63) is 45.8 Å². The van der Waals surface area contributed by atoms with Gasteiger partial charge >= 0.3 is 0 Å². The van der Waals surface area contributed by atoms with Crippen molar-refractivity contribution in [3.63, 3.8) is 0 Å². The zero-order valence-electron chi connectivity index (χ0n) is 18.0. The highest BCUT2D eigenvalue weighted by Crippen LogP contribution is 2.33. The van der Waals surface area contributed by atoms with E-state index in [0.29, 0.717) is 73.0 Å². The van der Waals surface area contributed by atoms with Gasteiger partial charge in [0.05, 0.1) is 5.52 Å². The maximum Gasteiger partial charge on any atom is 0.270 e. The molecule has 2 N–H and O–H groups in total. The Morgan fingerprint density at radius 2 is 2.09 bits per heavy atom. The number of hydrogen-bond acceptors (Lipinski definition) is 6. The molecule has 2 aromatic heterocycles. The summed E-state index contributed by atoms with van der Waals surface area (Å²) in [7, 11) is 0. The average molecular weight is 459 g/mol. The van der Waals surface area contributed by atoms with E-state index in [1.165, 1.54) is 17.4 Å². The van der Waals surface area contributed by atoms with Crippen molar-refractivity contribution in [1.82, 2.24) is 15.3 Å². The number of fused-ring (bicyclic) bond motifs is 1. The number of nitrogens with zero attached hydrogens (tertiary/aromatic N) is 2. The molecule has 0 radical (unpaired) electrons. The van der Waals surface area contributed by atoms with Gasteiger partial charge in [0.1, 0.15) is 10.5 Å². The highest BCUT2D eigenvalue weighted by atomic mass is 32.1. The van der Waals surface area contributed by atoms with Crippen LogP contribution in [-0.2, 0) is 9.53 Å². The fraction of sp³-hybridized carbons (Fsp3) is 0.435. The lowest BCUT2D eigenvalue weighted by Crippen LogP contribution is -2.41. The van der Waals surface area contributed by atoms with Gasteiger partial charge < -0.3 is 15.0 Å². The molecule has 3 aromatic rings. The Labute approximate surface area is 189 Å². The normalized spacial score (nSPS) is 14.8. The van der Waals surface area contributed by atoms with Crippen LogP contribution < -0.4 is 15.8 Å². The number of carbonyl (C=O) groups excluding carboxylic acids is 1. The minimum Gasteiger partial charge on any atom is -0.382 e. The van der Waals surface area contributed by atoms with Crippen LogP contribution in [0, 0.1) is 11.7 Å². The summed E-state index contributed by atoms with van der Waals surface area (Å²) >= 11 is 1.26. The maximum absolute atomic E-state index is 14.3. The summed E-state index contributed by atoms with van der Waals surface area (Å²) in [6.07, 6.45) is 2.17. The molecule has 1 amide bonds. The van der Waals surface area contributed by atoms with Crippen LogP contribution >= 0.6 is 11.3 Å². The molecule has 1 saturated heterocycles. The first-order chi connectivity index (χ1) is 15.6. The summed E-state index contributed by atoms with van der Waals surface area (Å²) in [5.41, 5.74) is 1.33. The fourth-order valence-corrected chi connectivity index (χ4v) is 4.86. The molecule has 9 heteroatoms. The fourth-order valence-electron chi connectivity index (χ4n) is 3.96. The molecule has 3 heterocycles. The van der Waals surface area contributed by atoms with E-state index >= 15 is 0 Å². The molecule has 0 atom stereocenters. The highest BCUT2D eigenvalue weighted by molar-refractivity contribution is 7.17. The van der Waals surface area contributed by atoms with Crippen LogP contribution in [-0.4, -0.2) is 48.7 Å². The van der Waals surface area contributed by atoms with Crippen LogP contribution in [0.3, 0.4) is 0 Å². The summed E-state index contributed by atoms with van der Waals surface area (Å²) in [6, 6.07) is 6.50. The van der Waals surface area contributed by atoms with Crippen LogP contribution in [0.1, 0.15) is 26.2 Å². The molecular formula is C23H27FN4O3S. The molecule has 1 aliphatic heterocycles. The maximum atomic E-state index is 14.3. The number of benzene rings is 1. The van der Waals surface area contributed by atoms with Crippen LogP contribution in [0.25, 0.3) is 21.3 Å². The van der Waals surface area contributed by atoms with Gasteiger partial charge in [0, 0.05) is 55.3 Å². The third kappa shape index (κ3) is 4.83. The van der Waals surface area contributed by atoms with Gasteiger partial charge in [0.15, 0.2) is 0 Å². The van der Waals surface area contributed by atoms with Gasteiger partial charge in [0.2, 0.25) is 11.9 Å². The Morgan fingerprint density at radius 1 is 1.31 bits per heavy atom. The lowest BCUT2D eigenvalue weighted by molar-refractivity contribution is -0.125. The molecule has 0 aliphatic carbocycles. The van der Waals surface area contributed by atoms with Crippen LogP contribution in [0.2, 0.25) is 0 Å². The number of piperidine rings is 1. The minimum atomic E-state index is -0.344. The van der Waals surface area contributed by atoms with Crippen molar-refractivity contribution in [1.29, 1.82) is 0 Å². The molecule has 7 nitrogen and oxygen atoms in total. The first kappa shape index (κ1) is 22.4. The quantitative estimate of drug-likeness (QED) is 0.504. The van der Waals surface area contributed by atoms with E-state index < -0.39 is 0 Å². The molecule has 1 aliphatic rings. The second-order valence-electron chi connectivity index (χ2n) is 7.80. The van der Waals surface area contributed by atoms with E-state index in [0.717, 1.165) is 6.42 Å². The van der Waals surface area contributed by atoms with Crippen molar-refractivity contribution < 1.29 is 13.9 Å². The van der Waals surface area contributed by atoms with Gasteiger partial charge in [-0.1, -0.05) is 18.2 Å². The molecule has 0 spiro atoms. The molecule has 4 rings (SSSR count). The first-order valence-corrected chi connectivity index (χ1v) is 11.8. The van der Waals surface area contributed by atoms with Crippen molar-refractivity contribution in [2.75, 3.05) is 37.7 Å². The molecule has 170 valence electrons. The summed E-state index contributed by atoms with van der Waals surface area (Å²) in [6.45, 7) is 5.12. The summed E-state index contributed by atoms with van der Waals surface area (Å²) < 4.78 is 20.1. The number of thiophene rings is 1. The summed E-state index contributed by atoms with van der Waals surface area (Å²) in [5.74, 6) is 0.139. The van der Waals surface area contributed by atoms with E-state index in [1.54, 1.807) is 23.6 Å². The van der Waals surface area contributed by atoms with Crippen molar-refractivity contribution >= 4 is 33.4 Å². The molecular weight excluding hydrogens is 431 g/mol. The van der Waals surface area contributed by atoms with Gasteiger partial charge in [-0.15, -0.1) is 11.3 Å². The van der Waals surface area contributed by atoms with Gasteiger partial charge in [-0.05, 0) is 32.3 Å². The topological polar surface area (TPSA) is 87.3 Å². The van der Waals surface area contributed by atoms with Crippen molar-refractivity contribution in [3.8, 4) is 11.1 Å². The zero-order chi connectivity index (χ0) is 22.5. The second kappa shape index (κ2) is 10.2. The van der Waals surface area contributed by atoms with Crippen LogP contribution in [0.15, 0.2) is 34.4 Å².